The topological polar surface area (TPSA) is 95.7 Å². The largest absolute Gasteiger partial charge is 0.454 e. The van der Waals surface area contributed by atoms with Crippen molar-refractivity contribution in [2.45, 2.75) is 32.4 Å². The van der Waals surface area contributed by atoms with Gasteiger partial charge < -0.3 is 13.9 Å². The monoisotopic (exact) mass is 441 g/mol. The molecule has 0 amide bonds. The van der Waals surface area contributed by atoms with Crippen molar-refractivity contribution in [2.75, 3.05) is 12.5 Å². The summed E-state index contributed by atoms with van der Waals surface area (Å²) in [6.45, 7) is 3.80. The minimum absolute atomic E-state index is 0.130. The number of ketones is 1. The zero-order valence-electron chi connectivity index (χ0n) is 17.4. The van der Waals surface area contributed by atoms with E-state index < -0.39 is 15.6 Å². The van der Waals surface area contributed by atoms with E-state index in [4.69, 9.17) is 13.9 Å². The Balaban J connectivity index is 1.38. The van der Waals surface area contributed by atoms with Crippen LogP contribution in [0, 0.1) is 13.8 Å². The Labute approximate surface area is 180 Å². The fourth-order valence-electron chi connectivity index (χ4n) is 3.45. The van der Waals surface area contributed by atoms with Crippen LogP contribution in [0.15, 0.2) is 46.9 Å². The number of hydrogen-bond acceptors (Lipinski definition) is 7. The molecule has 0 atom stereocenters. The average Bonchev–Trinajstić information content (AvgIpc) is 3.32. The molecule has 1 aliphatic heterocycles. The van der Waals surface area contributed by atoms with Gasteiger partial charge in [0.2, 0.25) is 12.7 Å². The fourth-order valence-corrected chi connectivity index (χ4v) is 4.87. The van der Waals surface area contributed by atoms with Gasteiger partial charge in [-0.3, -0.25) is 4.79 Å². The van der Waals surface area contributed by atoms with Crippen molar-refractivity contribution in [3.8, 4) is 23.0 Å². The van der Waals surface area contributed by atoms with Crippen molar-refractivity contribution in [3.63, 3.8) is 0 Å². The summed E-state index contributed by atoms with van der Waals surface area (Å²) in [6, 6.07) is 13.0. The Morgan fingerprint density at radius 1 is 1.06 bits per heavy atom. The Morgan fingerprint density at radius 3 is 2.65 bits per heavy atom. The molecule has 0 bridgehead atoms. The van der Waals surface area contributed by atoms with Crippen LogP contribution in [0.5, 0.6) is 11.5 Å². The predicted octanol–water partition coefficient (Wildman–Crippen LogP) is 3.80. The molecule has 1 aliphatic rings. The lowest BCUT2D eigenvalue weighted by Crippen LogP contribution is -2.18. The standard InChI is InChI=1S/C23H23NO6S/c1-15-5-3-4-6-19(15)23-24-20(16(2)30-23)13-31(26,27)12-18(25)9-7-17-8-10-21-22(11-17)29-14-28-21/h3-6,8,10-11H,7,9,12-14H2,1-2H3. The van der Waals surface area contributed by atoms with E-state index >= 15 is 0 Å². The number of nitrogens with zero attached hydrogens (tertiary/aromatic N) is 1. The summed E-state index contributed by atoms with van der Waals surface area (Å²) in [5.41, 5.74) is 3.03. The molecule has 2 aromatic carbocycles. The van der Waals surface area contributed by atoms with Crippen molar-refractivity contribution in [1.82, 2.24) is 4.98 Å². The molecule has 0 radical (unpaired) electrons. The summed E-state index contributed by atoms with van der Waals surface area (Å²) >= 11 is 0. The van der Waals surface area contributed by atoms with Crippen molar-refractivity contribution in [3.05, 3.63) is 65.0 Å². The first-order valence-corrected chi connectivity index (χ1v) is 11.8. The van der Waals surface area contributed by atoms with Crippen molar-refractivity contribution < 1.29 is 27.1 Å². The highest BCUT2D eigenvalue weighted by molar-refractivity contribution is 7.91. The molecule has 2 heterocycles. The van der Waals surface area contributed by atoms with E-state index in [0.717, 1.165) is 16.7 Å². The molecule has 3 aromatic rings. The molecule has 31 heavy (non-hydrogen) atoms. The van der Waals surface area contributed by atoms with E-state index in [0.29, 0.717) is 35.3 Å². The van der Waals surface area contributed by atoms with Gasteiger partial charge >= 0.3 is 0 Å². The first-order chi connectivity index (χ1) is 14.8. The van der Waals surface area contributed by atoms with Gasteiger partial charge in [-0.15, -0.1) is 0 Å². The number of sulfone groups is 1. The lowest BCUT2D eigenvalue weighted by atomic mass is 10.1. The van der Waals surface area contributed by atoms with Crippen LogP contribution < -0.4 is 9.47 Å². The number of hydrogen-bond donors (Lipinski definition) is 0. The third kappa shape index (κ3) is 4.96. The normalized spacial score (nSPS) is 12.8. The van der Waals surface area contributed by atoms with Gasteiger partial charge in [0.05, 0.1) is 11.4 Å². The van der Waals surface area contributed by atoms with E-state index in [2.05, 4.69) is 4.98 Å². The molecule has 8 heteroatoms. The number of benzene rings is 2. The van der Waals surface area contributed by atoms with Crippen molar-refractivity contribution in [2.24, 2.45) is 0 Å². The van der Waals surface area contributed by atoms with Gasteiger partial charge in [0, 0.05) is 12.0 Å². The second kappa shape index (κ2) is 8.55. The van der Waals surface area contributed by atoms with Crippen LogP contribution in [0.25, 0.3) is 11.5 Å². The summed E-state index contributed by atoms with van der Waals surface area (Å²) in [7, 11) is -3.67. The Kier molecular flexibility index (Phi) is 5.82. The van der Waals surface area contributed by atoms with Crippen LogP contribution in [0.1, 0.15) is 29.0 Å². The third-order valence-electron chi connectivity index (χ3n) is 5.14. The summed E-state index contributed by atoms with van der Waals surface area (Å²) in [5, 5.41) is 0. The van der Waals surface area contributed by atoms with E-state index in [-0.39, 0.29) is 24.7 Å². The molecule has 1 aromatic heterocycles. The first kappa shape index (κ1) is 21.1. The van der Waals surface area contributed by atoms with Crippen molar-refractivity contribution >= 4 is 15.6 Å². The lowest BCUT2D eigenvalue weighted by molar-refractivity contribution is -0.116. The van der Waals surface area contributed by atoms with Gasteiger partial charge in [0.15, 0.2) is 21.3 Å². The zero-order valence-corrected chi connectivity index (χ0v) is 18.2. The van der Waals surface area contributed by atoms with Crippen LogP contribution in [0.3, 0.4) is 0 Å². The lowest BCUT2D eigenvalue weighted by Gasteiger charge is -2.04. The summed E-state index contributed by atoms with van der Waals surface area (Å²) in [4.78, 5) is 16.7. The first-order valence-electron chi connectivity index (χ1n) is 9.94. The minimum Gasteiger partial charge on any atom is -0.454 e. The highest BCUT2D eigenvalue weighted by Gasteiger charge is 2.22. The number of fused-ring (bicyclic) bond motifs is 1. The molecule has 7 nitrogen and oxygen atoms in total. The van der Waals surface area contributed by atoms with Crippen LogP contribution in [0.4, 0.5) is 0 Å². The molecule has 4 rings (SSSR count). The maximum Gasteiger partial charge on any atom is 0.231 e. The molecular formula is C23H23NO6S. The summed E-state index contributed by atoms with van der Waals surface area (Å²) in [5.74, 6) is 0.949. The molecule has 0 fully saturated rings. The number of oxazole rings is 1. The Morgan fingerprint density at radius 2 is 1.84 bits per heavy atom. The van der Waals surface area contributed by atoms with E-state index in [9.17, 15) is 13.2 Å². The maximum absolute atomic E-state index is 12.6. The summed E-state index contributed by atoms with van der Waals surface area (Å²) in [6.07, 6.45) is 0.566. The number of carbonyl (C=O) groups excluding carboxylic acids is 1. The van der Waals surface area contributed by atoms with E-state index in [1.165, 1.54) is 0 Å². The molecule has 0 saturated heterocycles. The molecule has 0 saturated carbocycles. The minimum atomic E-state index is -3.67. The Bertz CT molecular complexity index is 1230. The van der Waals surface area contributed by atoms with Gasteiger partial charge in [0.25, 0.3) is 0 Å². The zero-order chi connectivity index (χ0) is 22.0. The van der Waals surface area contributed by atoms with Gasteiger partial charge in [-0.1, -0.05) is 24.3 Å². The van der Waals surface area contributed by atoms with Gasteiger partial charge in [-0.25, -0.2) is 13.4 Å². The number of aryl methyl sites for hydroxylation is 3. The number of rotatable bonds is 8. The smallest absolute Gasteiger partial charge is 0.231 e. The molecule has 162 valence electrons. The molecule has 0 unspecified atom stereocenters. The van der Waals surface area contributed by atoms with Crippen LogP contribution in [-0.2, 0) is 26.8 Å². The SMILES string of the molecule is Cc1ccccc1-c1nc(CS(=O)(=O)CC(=O)CCc2ccc3c(c2)OCO3)c(C)o1. The van der Waals surface area contributed by atoms with Gasteiger partial charge in [-0.05, 0) is 49.6 Å². The highest BCUT2D eigenvalue weighted by Crippen LogP contribution is 2.32. The third-order valence-corrected chi connectivity index (χ3v) is 6.61. The predicted molar refractivity (Wildman–Crippen MR) is 115 cm³/mol. The van der Waals surface area contributed by atoms with Crippen molar-refractivity contribution in [1.29, 1.82) is 0 Å². The van der Waals surface area contributed by atoms with Gasteiger partial charge in [-0.2, -0.15) is 0 Å². The Hall–Kier alpha value is -3.13. The molecular weight excluding hydrogens is 418 g/mol. The van der Waals surface area contributed by atoms with E-state index in [1.54, 1.807) is 13.0 Å². The molecule has 0 aliphatic carbocycles. The average molecular weight is 442 g/mol. The fraction of sp³-hybridized carbons (Fsp3) is 0.304. The number of aromatic nitrogens is 1. The number of carbonyl (C=O) groups is 1. The second-order valence-corrected chi connectivity index (χ2v) is 9.66. The van der Waals surface area contributed by atoms with Crippen LogP contribution in [-0.4, -0.2) is 31.7 Å². The highest BCUT2D eigenvalue weighted by atomic mass is 32.2. The quantitative estimate of drug-likeness (QED) is 0.524. The molecule has 0 spiro atoms. The van der Waals surface area contributed by atoms with Crippen LogP contribution >= 0.6 is 0 Å². The van der Waals surface area contributed by atoms with Gasteiger partial charge in [0.1, 0.15) is 17.3 Å². The molecule has 0 N–H and O–H groups in total. The van der Waals surface area contributed by atoms with Crippen LogP contribution in [0.2, 0.25) is 0 Å². The van der Waals surface area contributed by atoms with E-state index in [1.807, 2.05) is 43.3 Å². The summed E-state index contributed by atoms with van der Waals surface area (Å²) < 4.78 is 41.5. The number of Topliss-reactive ketones (excluding diaryl/α,β-unsaturated/α-hetero) is 1. The second-order valence-electron chi connectivity index (χ2n) is 7.60. The number of ether oxygens (including phenoxy) is 2. The maximum atomic E-state index is 12.6.